The average molecular weight is 274 g/mol. The Bertz CT molecular complexity index is 218. The summed E-state index contributed by atoms with van der Waals surface area (Å²) in [5.74, 6) is 0.809. The molecule has 3 N–H and O–H groups in total. The van der Waals surface area contributed by atoms with E-state index in [1.807, 2.05) is 13.8 Å². The van der Waals surface area contributed by atoms with E-state index in [1.54, 1.807) is 0 Å². The van der Waals surface area contributed by atoms with Crippen LogP contribution in [-0.2, 0) is 0 Å². The van der Waals surface area contributed by atoms with Gasteiger partial charge >= 0.3 is 0 Å². The summed E-state index contributed by atoms with van der Waals surface area (Å²) < 4.78 is 0. The Morgan fingerprint density at radius 1 is 0.895 bits per heavy atom. The Morgan fingerprint density at radius 2 is 1.42 bits per heavy atom. The molecule has 0 saturated carbocycles. The molecular weight excluding hydrogens is 240 g/mol. The molecule has 5 unspecified atom stereocenters. The normalized spacial score (nSPS) is 20.1. The minimum absolute atomic E-state index is 0.0281. The molecule has 0 amide bonds. The molecule has 3 nitrogen and oxygen atoms in total. The van der Waals surface area contributed by atoms with Gasteiger partial charge in [0.1, 0.15) is 0 Å². The fourth-order valence-electron chi connectivity index (χ4n) is 2.75. The molecule has 0 aromatic heterocycles. The van der Waals surface area contributed by atoms with Crippen LogP contribution in [0.1, 0.15) is 60.3 Å². The zero-order valence-electron chi connectivity index (χ0n) is 13.3. The van der Waals surface area contributed by atoms with Crippen molar-refractivity contribution >= 4 is 0 Å². The molecule has 5 atom stereocenters. The third-order valence-electron chi connectivity index (χ3n) is 4.25. The molecule has 0 fully saturated rings. The predicted molar refractivity (Wildman–Crippen MR) is 79.9 cm³/mol. The summed E-state index contributed by atoms with van der Waals surface area (Å²) in [6.07, 6.45) is 2.76. The molecule has 0 aromatic rings. The summed E-state index contributed by atoms with van der Waals surface area (Å²) in [6.45, 7) is 10.4. The second-order valence-electron chi connectivity index (χ2n) is 6.57. The van der Waals surface area contributed by atoms with E-state index < -0.39 is 6.10 Å². The molecule has 0 aliphatic rings. The highest BCUT2D eigenvalue weighted by atomic mass is 16.3. The Morgan fingerprint density at radius 3 is 1.84 bits per heavy atom. The van der Waals surface area contributed by atoms with Gasteiger partial charge in [-0.15, -0.1) is 0 Å². The molecule has 0 rings (SSSR count). The average Bonchev–Trinajstić information content (AvgIpc) is 2.28. The first kappa shape index (κ1) is 18.9. The monoisotopic (exact) mass is 274 g/mol. The van der Waals surface area contributed by atoms with Crippen molar-refractivity contribution in [2.75, 3.05) is 6.61 Å². The second kappa shape index (κ2) is 9.73. The Labute approximate surface area is 119 Å². The minimum atomic E-state index is -0.478. The van der Waals surface area contributed by atoms with Crippen LogP contribution < -0.4 is 0 Å². The highest BCUT2D eigenvalue weighted by Crippen LogP contribution is 2.25. The maximum Gasteiger partial charge on any atom is 0.0595 e. The van der Waals surface area contributed by atoms with E-state index in [0.29, 0.717) is 12.3 Å². The summed E-state index contributed by atoms with van der Waals surface area (Å²) in [4.78, 5) is 0. The van der Waals surface area contributed by atoms with Crippen molar-refractivity contribution in [3.05, 3.63) is 0 Å². The first-order valence-electron chi connectivity index (χ1n) is 7.80. The highest BCUT2D eigenvalue weighted by molar-refractivity contribution is 4.75. The first-order chi connectivity index (χ1) is 8.83. The van der Waals surface area contributed by atoms with Gasteiger partial charge in [-0.05, 0) is 37.0 Å². The molecule has 0 aliphatic carbocycles. The minimum Gasteiger partial charge on any atom is -0.396 e. The summed E-state index contributed by atoms with van der Waals surface area (Å²) in [6, 6.07) is 0. The maximum absolute atomic E-state index is 10.2. The Hall–Kier alpha value is -0.120. The van der Waals surface area contributed by atoms with Crippen molar-refractivity contribution in [2.45, 2.75) is 72.5 Å². The number of hydrogen-bond donors (Lipinski definition) is 3. The fraction of sp³-hybridized carbons (Fsp3) is 1.00. The lowest BCUT2D eigenvalue weighted by molar-refractivity contribution is 0.0164. The van der Waals surface area contributed by atoms with Crippen molar-refractivity contribution in [1.82, 2.24) is 0 Å². The van der Waals surface area contributed by atoms with Gasteiger partial charge in [0.15, 0.2) is 0 Å². The van der Waals surface area contributed by atoms with Crippen molar-refractivity contribution in [1.29, 1.82) is 0 Å². The van der Waals surface area contributed by atoms with E-state index in [-0.39, 0.29) is 30.5 Å². The van der Waals surface area contributed by atoms with E-state index in [4.69, 9.17) is 0 Å². The van der Waals surface area contributed by atoms with Gasteiger partial charge in [0.05, 0.1) is 12.2 Å². The van der Waals surface area contributed by atoms with E-state index >= 15 is 0 Å². The molecule has 0 heterocycles. The second-order valence-corrected chi connectivity index (χ2v) is 6.57. The van der Waals surface area contributed by atoms with Gasteiger partial charge in [0.2, 0.25) is 0 Å². The Balaban J connectivity index is 4.18. The van der Waals surface area contributed by atoms with Gasteiger partial charge in [-0.2, -0.15) is 0 Å². The zero-order chi connectivity index (χ0) is 15.0. The van der Waals surface area contributed by atoms with Gasteiger partial charge in [0.25, 0.3) is 0 Å². The number of rotatable bonds is 10. The summed E-state index contributed by atoms with van der Waals surface area (Å²) in [5, 5.41) is 29.6. The summed E-state index contributed by atoms with van der Waals surface area (Å²) in [5.41, 5.74) is 0. The third-order valence-corrected chi connectivity index (χ3v) is 4.25. The topological polar surface area (TPSA) is 60.7 Å². The molecule has 0 spiro atoms. The molecule has 0 saturated heterocycles. The molecule has 0 bridgehead atoms. The highest BCUT2D eigenvalue weighted by Gasteiger charge is 2.25. The van der Waals surface area contributed by atoms with E-state index in [9.17, 15) is 15.3 Å². The molecule has 19 heavy (non-hydrogen) atoms. The van der Waals surface area contributed by atoms with Gasteiger partial charge in [-0.25, -0.2) is 0 Å². The van der Waals surface area contributed by atoms with Crippen LogP contribution in [0.3, 0.4) is 0 Å². The standard InChI is InChI=1S/C16H34O3/c1-6-7-13(5)15(18)8-12(4)9-16(19)14(10-17)11(2)3/h11-19H,6-10H2,1-5H3. The lowest BCUT2D eigenvalue weighted by Crippen LogP contribution is -2.31. The lowest BCUT2D eigenvalue weighted by atomic mass is 9.83. The largest absolute Gasteiger partial charge is 0.396 e. The van der Waals surface area contributed by atoms with Crippen molar-refractivity contribution in [2.24, 2.45) is 23.7 Å². The predicted octanol–water partition coefficient (Wildman–Crippen LogP) is 2.83. The smallest absolute Gasteiger partial charge is 0.0595 e. The molecule has 0 radical (unpaired) electrons. The van der Waals surface area contributed by atoms with Gasteiger partial charge in [-0.1, -0.05) is 41.0 Å². The number of aliphatic hydroxyl groups is 3. The van der Waals surface area contributed by atoms with Crippen LogP contribution in [0.25, 0.3) is 0 Å². The number of aliphatic hydroxyl groups excluding tert-OH is 3. The number of hydrogen-bond acceptors (Lipinski definition) is 3. The van der Waals surface area contributed by atoms with Crippen molar-refractivity contribution in [3.8, 4) is 0 Å². The van der Waals surface area contributed by atoms with Crippen LogP contribution in [0.15, 0.2) is 0 Å². The third kappa shape index (κ3) is 7.28. The van der Waals surface area contributed by atoms with Gasteiger partial charge < -0.3 is 15.3 Å². The first-order valence-corrected chi connectivity index (χ1v) is 7.80. The quantitative estimate of drug-likeness (QED) is 0.574. The molecule has 116 valence electrons. The SMILES string of the molecule is CCCC(C)C(O)CC(C)CC(O)C(CO)C(C)C. The van der Waals surface area contributed by atoms with Crippen LogP contribution in [0, 0.1) is 23.7 Å². The van der Waals surface area contributed by atoms with Crippen LogP contribution in [0.5, 0.6) is 0 Å². The Kier molecular flexibility index (Phi) is 9.67. The van der Waals surface area contributed by atoms with E-state index in [0.717, 1.165) is 19.3 Å². The van der Waals surface area contributed by atoms with E-state index in [1.165, 1.54) is 0 Å². The fourth-order valence-corrected chi connectivity index (χ4v) is 2.75. The van der Waals surface area contributed by atoms with Crippen LogP contribution in [0.2, 0.25) is 0 Å². The van der Waals surface area contributed by atoms with Crippen molar-refractivity contribution in [3.63, 3.8) is 0 Å². The van der Waals surface area contributed by atoms with Crippen molar-refractivity contribution < 1.29 is 15.3 Å². The van der Waals surface area contributed by atoms with Crippen LogP contribution >= 0.6 is 0 Å². The van der Waals surface area contributed by atoms with Crippen LogP contribution in [0.4, 0.5) is 0 Å². The maximum atomic E-state index is 10.2. The summed E-state index contributed by atoms with van der Waals surface area (Å²) >= 11 is 0. The summed E-state index contributed by atoms with van der Waals surface area (Å²) in [7, 11) is 0. The molecular formula is C16H34O3. The van der Waals surface area contributed by atoms with Gasteiger partial charge in [-0.3, -0.25) is 0 Å². The van der Waals surface area contributed by atoms with Crippen LogP contribution in [-0.4, -0.2) is 34.1 Å². The zero-order valence-corrected chi connectivity index (χ0v) is 13.3. The molecule has 0 aliphatic heterocycles. The molecule has 0 aromatic carbocycles. The van der Waals surface area contributed by atoms with E-state index in [2.05, 4.69) is 20.8 Å². The van der Waals surface area contributed by atoms with Gasteiger partial charge in [0, 0.05) is 12.5 Å². The lowest BCUT2D eigenvalue weighted by Gasteiger charge is -2.28. The molecule has 3 heteroatoms.